The number of anilines is 1. The summed E-state index contributed by atoms with van der Waals surface area (Å²) in [4.78, 5) is 3.25. The van der Waals surface area contributed by atoms with Gasteiger partial charge in [-0.3, -0.25) is 0 Å². The molecule has 0 saturated carbocycles. The maximum Gasteiger partial charge on any atom is 0.0916 e. The van der Waals surface area contributed by atoms with Crippen molar-refractivity contribution in [2.24, 2.45) is 5.16 Å². The van der Waals surface area contributed by atoms with Gasteiger partial charge in [0.25, 0.3) is 0 Å². The van der Waals surface area contributed by atoms with Gasteiger partial charge in [0.2, 0.25) is 0 Å². The fraction of sp³-hybridized carbons (Fsp3) is 0.444. The van der Waals surface area contributed by atoms with Gasteiger partial charge in [0, 0.05) is 13.1 Å². The summed E-state index contributed by atoms with van der Waals surface area (Å²) in [6.45, 7) is 3.47. The fourth-order valence-corrected chi connectivity index (χ4v) is 2.35. The van der Waals surface area contributed by atoms with E-state index in [0.717, 1.165) is 31.2 Å². The summed E-state index contributed by atoms with van der Waals surface area (Å²) in [5.41, 5.74) is 0. The lowest BCUT2D eigenvalue weighted by atomic mass is 10.4. The van der Waals surface area contributed by atoms with Crippen LogP contribution < -0.4 is 4.90 Å². The molecule has 0 unspecified atom stereocenters. The summed E-state index contributed by atoms with van der Waals surface area (Å²) in [5, 5.41) is 12.6. The summed E-state index contributed by atoms with van der Waals surface area (Å²) in [5.74, 6) is 0. The molecule has 1 fully saturated rings. The summed E-state index contributed by atoms with van der Waals surface area (Å²) in [6, 6.07) is 4.00. The Morgan fingerprint density at radius 2 is 2.21 bits per heavy atom. The van der Waals surface area contributed by atoms with Gasteiger partial charge in [0.15, 0.2) is 0 Å². The number of morpholine rings is 1. The normalized spacial score (nSPS) is 17.9. The van der Waals surface area contributed by atoms with Gasteiger partial charge >= 0.3 is 0 Å². The predicted octanol–water partition coefficient (Wildman–Crippen LogP) is 1.39. The molecule has 5 heteroatoms. The first-order chi connectivity index (χ1) is 6.90. The number of nitrogens with zero attached hydrogens (tertiary/aromatic N) is 2. The van der Waals surface area contributed by atoms with Crippen molar-refractivity contribution in [3.8, 4) is 0 Å². The van der Waals surface area contributed by atoms with Crippen molar-refractivity contribution in [2.45, 2.75) is 0 Å². The van der Waals surface area contributed by atoms with Crippen molar-refractivity contribution in [3.63, 3.8) is 0 Å². The maximum atomic E-state index is 8.38. The zero-order valence-electron chi connectivity index (χ0n) is 7.72. The van der Waals surface area contributed by atoms with Crippen LogP contribution in [-0.4, -0.2) is 37.7 Å². The van der Waals surface area contributed by atoms with Crippen LogP contribution in [0.5, 0.6) is 0 Å². The molecular formula is C9H12N2O2S. The molecule has 14 heavy (non-hydrogen) atoms. The van der Waals surface area contributed by atoms with E-state index in [9.17, 15) is 0 Å². The molecule has 76 valence electrons. The van der Waals surface area contributed by atoms with Crippen LogP contribution >= 0.6 is 11.3 Å². The van der Waals surface area contributed by atoms with E-state index in [-0.39, 0.29) is 0 Å². The maximum absolute atomic E-state index is 8.38. The molecule has 2 rings (SSSR count). The molecule has 4 nitrogen and oxygen atoms in total. The lowest BCUT2D eigenvalue weighted by Crippen LogP contribution is -2.35. The van der Waals surface area contributed by atoms with E-state index < -0.39 is 0 Å². The van der Waals surface area contributed by atoms with Crippen LogP contribution in [0.15, 0.2) is 17.3 Å². The van der Waals surface area contributed by atoms with Crippen LogP contribution in [0.4, 0.5) is 5.00 Å². The first-order valence-corrected chi connectivity index (χ1v) is 5.32. The predicted molar refractivity (Wildman–Crippen MR) is 56.7 cm³/mol. The van der Waals surface area contributed by atoms with E-state index in [0.29, 0.717) is 0 Å². The average molecular weight is 212 g/mol. The van der Waals surface area contributed by atoms with Gasteiger partial charge in [0.05, 0.1) is 29.3 Å². The smallest absolute Gasteiger partial charge is 0.0916 e. The van der Waals surface area contributed by atoms with Crippen molar-refractivity contribution in [1.29, 1.82) is 0 Å². The van der Waals surface area contributed by atoms with Gasteiger partial charge in [-0.1, -0.05) is 5.16 Å². The molecule has 0 atom stereocenters. The largest absolute Gasteiger partial charge is 0.411 e. The van der Waals surface area contributed by atoms with Crippen LogP contribution in [-0.2, 0) is 4.74 Å². The molecule has 1 aliphatic heterocycles. The van der Waals surface area contributed by atoms with Crippen LogP contribution in [0.1, 0.15) is 4.88 Å². The number of hydrogen-bond acceptors (Lipinski definition) is 5. The number of thiophene rings is 1. The number of hydrogen-bond donors (Lipinski definition) is 1. The molecule has 0 aliphatic carbocycles. The summed E-state index contributed by atoms with van der Waals surface area (Å²) in [7, 11) is 0. The van der Waals surface area contributed by atoms with E-state index in [1.54, 1.807) is 11.3 Å². The highest BCUT2D eigenvalue weighted by Gasteiger charge is 2.12. The first kappa shape index (κ1) is 9.48. The van der Waals surface area contributed by atoms with Gasteiger partial charge < -0.3 is 14.8 Å². The second-order valence-electron chi connectivity index (χ2n) is 3.02. The van der Waals surface area contributed by atoms with Crippen LogP contribution in [0.25, 0.3) is 0 Å². The van der Waals surface area contributed by atoms with E-state index in [4.69, 9.17) is 9.94 Å². The lowest BCUT2D eigenvalue weighted by molar-refractivity contribution is 0.123. The minimum absolute atomic E-state index is 0.793. The lowest BCUT2D eigenvalue weighted by Gasteiger charge is -2.27. The first-order valence-electron chi connectivity index (χ1n) is 4.50. The highest BCUT2D eigenvalue weighted by atomic mass is 32.1. The minimum atomic E-state index is 0.793. The molecule has 0 bridgehead atoms. The van der Waals surface area contributed by atoms with Crippen LogP contribution in [0.3, 0.4) is 0 Å². The molecule has 0 aromatic carbocycles. The Kier molecular flexibility index (Phi) is 3.00. The minimum Gasteiger partial charge on any atom is -0.411 e. The topological polar surface area (TPSA) is 45.1 Å². The van der Waals surface area contributed by atoms with E-state index in [1.165, 1.54) is 11.2 Å². The standard InChI is InChI=1S/C9H12N2O2S/c12-10-7-8-1-2-9(14-8)11-3-5-13-6-4-11/h1-2,7,12H,3-6H2/b10-7-. The van der Waals surface area contributed by atoms with Crippen molar-refractivity contribution >= 4 is 22.6 Å². The zero-order valence-corrected chi connectivity index (χ0v) is 8.54. The third-order valence-corrected chi connectivity index (χ3v) is 3.20. The SMILES string of the molecule is O/N=C\c1ccc(N2CCOCC2)s1. The molecule has 1 saturated heterocycles. The average Bonchev–Trinajstić information content (AvgIpc) is 2.68. The summed E-state index contributed by atoms with van der Waals surface area (Å²) < 4.78 is 5.27. The van der Waals surface area contributed by atoms with Crippen molar-refractivity contribution in [3.05, 3.63) is 17.0 Å². The summed E-state index contributed by atoms with van der Waals surface area (Å²) >= 11 is 1.63. The van der Waals surface area contributed by atoms with Gasteiger partial charge in [-0.15, -0.1) is 11.3 Å². The van der Waals surface area contributed by atoms with Gasteiger partial charge in [-0.05, 0) is 12.1 Å². The van der Waals surface area contributed by atoms with E-state index in [1.807, 2.05) is 12.1 Å². The Morgan fingerprint density at radius 1 is 1.43 bits per heavy atom. The molecular weight excluding hydrogens is 200 g/mol. The van der Waals surface area contributed by atoms with E-state index in [2.05, 4.69) is 10.1 Å². The monoisotopic (exact) mass is 212 g/mol. The number of ether oxygens (including phenoxy) is 1. The molecule has 0 spiro atoms. The highest BCUT2D eigenvalue weighted by molar-refractivity contribution is 7.17. The van der Waals surface area contributed by atoms with E-state index >= 15 is 0 Å². The molecule has 0 radical (unpaired) electrons. The molecule has 1 N–H and O–H groups in total. The second-order valence-corrected chi connectivity index (χ2v) is 4.11. The third-order valence-electron chi connectivity index (χ3n) is 2.12. The van der Waals surface area contributed by atoms with Crippen LogP contribution in [0.2, 0.25) is 0 Å². The van der Waals surface area contributed by atoms with Crippen molar-refractivity contribution in [2.75, 3.05) is 31.2 Å². The van der Waals surface area contributed by atoms with Crippen LogP contribution in [0, 0.1) is 0 Å². The molecule has 0 amide bonds. The Morgan fingerprint density at radius 3 is 2.93 bits per heavy atom. The van der Waals surface area contributed by atoms with Crippen molar-refractivity contribution in [1.82, 2.24) is 0 Å². The molecule has 1 aliphatic rings. The van der Waals surface area contributed by atoms with Gasteiger partial charge in [0.1, 0.15) is 0 Å². The number of oxime groups is 1. The highest BCUT2D eigenvalue weighted by Crippen LogP contribution is 2.25. The quantitative estimate of drug-likeness (QED) is 0.458. The Hall–Kier alpha value is -1.07. The molecule has 1 aromatic heterocycles. The fourth-order valence-electron chi connectivity index (χ4n) is 1.42. The Balaban J connectivity index is 2.07. The van der Waals surface area contributed by atoms with Crippen molar-refractivity contribution < 1.29 is 9.94 Å². The Labute approximate surface area is 86.4 Å². The van der Waals surface area contributed by atoms with Gasteiger partial charge in [-0.2, -0.15) is 0 Å². The molecule has 2 heterocycles. The Bertz CT molecular complexity index is 318. The molecule has 1 aromatic rings. The second kappa shape index (κ2) is 4.43. The summed E-state index contributed by atoms with van der Waals surface area (Å²) in [6.07, 6.45) is 1.45. The van der Waals surface area contributed by atoms with Gasteiger partial charge in [-0.25, -0.2) is 0 Å². The third kappa shape index (κ3) is 2.05. The zero-order chi connectivity index (χ0) is 9.80. The number of rotatable bonds is 2.